The van der Waals surface area contributed by atoms with Crippen LogP contribution >= 0.6 is 0 Å². The number of rotatable bonds is 33. The summed E-state index contributed by atoms with van der Waals surface area (Å²) < 4.78 is 16.5. The van der Waals surface area contributed by atoms with Crippen LogP contribution in [0.5, 0.6) is 0 Å². The van der Waals surface area contributed by atoms with E-state index in [1.165, 1.54) is 96.3 Å². The molecule has 0 aliphatic carbocycles. The van der Waals surface area contributed by atoms with E-state index in [0.717, 1.165) is 63.7 Å². The van der Waals surface area contributed by atoms with Gasteiger partial charge in [0.25, 0.3) is 0 Å². The van der Waals surface area contributed by atoms with Crippen LogP contribution in [0.4, 0.5) is 0 Å². The van der Waals surface area contributed by atoms with Crippen LogP contribution in [0.1, 0.15) is 201 Å². The number of hydrogen-bond donors (Lipinski definition) is 0. The lowest BCUT2D eigenvalue weighted by Gasteiger charge is -2.18. The molecule has 0 saturated carbocycles. The SMILES string of the molecule is CCCCCCCCCCCCC(=O)OC[C@@H](COC(=O)CCCCCCCCC)OC(=O)CCCCCCCCC(C)C. The minimum absolute atomic E-state index is 0.0666. The monoisotopic (exact) mass is 625 g/mol. The largest absolute Gasteiger partial charge is 0.462 e. The van der Waals surface area contributed by atoms with Gasteiger partial charge in [-0.1, -0.05) is 163 Å². The molecule has 0 aromatic rings. The van der Waals surface area contributed by atoms with E-state index in [4.69, 9.17) is 14.2 Å². The first-order valence-electron chi connectivity index (χ1n) is 18.9. The molecular formula is C38H72O6. The number of carbonyl (C=O) groups excluding carboxylic acids is 3. The van der Waals surface area contributed by atoms with Gasteiger partial charge in [-0.3, -0.25) is 14.4 Å². The van der Waals surface area contributed by atoms with E-state index in [2.05, 4.69) is 27.7 Å². The average Bonchev–Trinajstić information content (AvgIpc) is 3.00. The fraction of sp³-hybridized carbons (Fsp3) is 0.921. The van der Waals surface area contributed by atoms with E-state index < -0.39 is 6.10 Å². The molecule has 0 heterocycles. The third kappa shape index (κ3) is 31.8. The first-order valence-corrected chi connectivity index (χ1v) is 18.9. The molecule has 0 aromatic carbocycles. The second-order valence-corrected chi connectivity index (χ2v) is 13.3. The molecule has 0 aliphatic heterocycles. The number of ether oxygens (including phenoxy) is 3. The molecule has 0 rings (SSSR count). The van der Waals surface area contributed by atoms with Gasteiger partial charge < -0.3 is 14.2 Å². The molecule has 0 unspecified atom stereocenters. The first-order chi connectivity index (χ1) is 21.4. The maximum absolute atomic E-state index is 12.5. The summed E-state index contributed by atoms with van der Waals surface area (Å²) in [4.78, 5) is 37.2. The molecule has 1 atom stereocenters. The van der Waals surface area contributed by atoms with Crippen molar-refractivity contribution in [1.29, 1.82) is 0 Å². The third-order valence-electron chi connectivity index (χ3n) is 8.29. The van der Waals surface area contributed by atoms with Crippen molar-refractivity contribution in [2.24, 2.45) is 5.92 Å². The molecule has 0 radical (unpaired) electrons. The molecule has 44 heavy (non-hydrogen) atoms. The lowest BCUT2D eigenvalue weighted by molar-refractivity contribution is -0.167. The van der Waals surface area contributed by atoms with Gasteiger partial charge in [0, 0.05) is 19.3 Å². The van der Waals surface area contributed by atoms with Crippen LogP contribution in [0, 0.1) is 5.92 Å². The van der Waals surface area contributed by atoms with Gasteiger partial charge in [0.15, 0.2) is 6.10 Å². The maximum Gasteiger partial charge on any atom is 0.306 e. The minimum Gasteiger partial charge on any atom is -0.462 e. The molecule has 0 aromatic heterocycles. The highest BCUT2D eigenvalue weighted by Gasteiger charge is 2.19. The molecule has 0 fully saturated rings. The molecule has 0 amide bonds. The Kier molecular flexibility index (Phi) is 31.6. The zero-order valence-corrected chi connectivity index (χ0v) is 29.6. The van der Waals surface area contributed by atoms with Crippen molar-refractivity contribution < 1.29 is 28.6 Å². The van der Waals surface area contributed by atoms with Gasteiger partial charge in [-0.25, -0.2) is 0 Å². The van der Waals surface area contributed by atoms with Gasteiger partial charge in [0.2, 0.25) is 0 Å². The number of unbranched alkanes of at least 4 members (excludes halogenated alkanes) is 20. The smallest absolute Gasteiger partial charge is 0.306 e. The Morgan fingerprint density at radius 1 is 0.432 bits per heavy atom. The normalized spacial score (nSPS) is 11.9. The number of esters is 3. The third-order valence-corrected chi connectivity index (χ3v) is 8.29. The summed E-state index contributed by atoms with van der Waals surface area (Å²) in [5.74, 6) is -0.119. The molecule has 0 bridgehead atoms. The van der Waals surface area contributed by atoms with Crippen LogP contribution in [0.15, 0.2) is 0 Å². The van der Waals surface area contributed by atoms with Crippen LogP contribution in [0.2, 0.25) is 0 Å². The fourth-order valence-corrected chi connectivity index (χ4v) is 5.39. The van der Waals surface area contributed by atoms with Gasteiger partial charge >= 0.3 is 17.9 Å². The van der Waals surface area contributed by atoms with E-state index in [9.17, 15) is 14.4 Å². The van der Waals surface area contributed by atoms with E-state index in [-0.39, 0.29) is 31.1 Å². The average molecular weight is 625 g/mol. The van der Waals surface area contributed by atoms with E-state index in [0.29, 0.717) is 19.3 Å². The van der Waals surface area contributed by atoms with Crippen LogP contribution < -0.4 is 0 Å². The fourth-order valence-electron chi connectivity index (χ4n) is 5.39. The topological polar surface area (TPSA) is 78.9 Å². The van der Waals surface area contributed by atoms with Crippen molar-refractivity contribution in [2.45, 2.75) is 207 Å². The molecule has 0 saturated heterocycles. The zero-order valence-electron chi connectivity index (χ0n) is 29.6. The van der Waals surface area contributed by atoms with Crippen molar-refractivity contribution in [3.63, 3.8) is 0 Å². The minimum atomic E-state index is -0.756. The van der Waals surface area contributed by atoms with Gasteiger partial charge in [-0.05, 0) is 25.2 Å². The van der Waals surface area contributed by atoms with Crippen molar-refractivity contribution in [3.8, 4) is 0 Å². The molecule has 0 aliphatic rings. The van der Waals surface area contributed by atoms with Crippen LogP contribution in [-0.2, 0) is 28.6 Å². The van der Waals surface area contributed by atoms with E-state index in [1.54, 1.807) is 0 Å². The summed E-state index contributed by atoms with van der Waals surface area (Å²) in [7, 11) is 0. The summed E-state index contributed by atoms with van der Waals surface area (Å²) in [6, 6.07) is 0. The predicted octanol–water partition coefficient (Wildman–Crippen LogP) is 11.2. The molecule has 260 valence electrons. The van der Waals surface area contributed by atoms with Crippen molar-refractivity contribution >= 4 is 17.9 Å². The standard InChI is InChI=1S/C38H72O6/c1-5-7-9-11-13-14-15-17-22-26-30-37(40)43-33-35(32-42-36(39)29-25-21-16-12-10-8-6-2)44-38(41)31-27-23-19-18-20-24-28-34(3)4/h34-35H,5-33H2,1-4H3/t35-/m1/s1. The summed E-state index contributed by atoms with van der Waals surface area (Å²) in [5, 5.41) is 0. The Labute approximate surface area is 272 Å². The molecule has 6 heteroatoms. The van der Waals surface area contributed by atoms with Crippen molar-refractivity contribution in [1.82, 2.24) is 0 Å². The van der Waals surface area contributed by atoms with Crippen LogP contribution in [-0.4, -0.2) is 37.2 Å². The van der Waals surface area contributed by atoms with Crippen LogP contribution in [0.25, 0.3) is 0 Å². The highest BCUT2D eigenvalue weighted by atomic mass is 16.6. The zero-order chi connectivity index (χ0) is 32.5. The summed E-state index contributed by atoms with van der Waals surface area (Å²) in [6.07, 6.45) is 28.2. The number of carbonyl (C=O) groups is 3. The lowest BCUT2D eigenvalue weighted by atomic mass is 10.0. The molecule has 0 N–H and O–H groups in total. The van der Waals surface area contributed by atoms with Crippen molar-refractivity contribution in [2.75, 3.05) is 13.2 Å². The van der Waals surface area contributed by atoms with Gasteiger partial charge in [-0.15, -0.1) is 0 Å². The second-order valence-electron chi connectivity index (χ2n) is 13.3. The Hall–Kier alpha value is -1.59. The van der Waals surface area contributed by atoms with E-state index >= 15 is 0 Å². The molecular weight excluding hydrogens is 552 g/mol. The van der Waals surface area contributed by atoms with Crippen LogP contribution in [0.3, 0.4) is 0 Å². The Morgan fingerprint density at radius 3 is 1.11 bits per heavy atom. The van der Waals surface area contributed by atoms with Gasteiger partial charge in [-0.2, -0.15) is 0 Å². The first kappa shape index (κ1) is 42.4. The summed E-state index contributed by atoms with van der Waals surface area (Å²) >= 11 is 0. The quantitative estimate of drug-likeness (QED) is 0.0410. The molecule has 6 nitrogen and oxygen atoms in total. The lowest BCUT2D eigenvalue weighted by Crippen LogP contribution is -2.30. The summed E-state index contributed by atoms with van der Waals surface area (Å²) in [5.41, 5.74) is 0. The van der Waals surface area contributed by atoms with Gasteiger partial charge in [0.1, 0.15) is 13.2 Å². The Balaban J connectivity index is 4.34. The summed E-state index contributed by atoms with van der Waals surface area (Å²) in [6.45, 7) is 8.83. The second kappa shape index (κ2) is 32.8. The maximum atomic E-state index is 12.5. The van der Waals surface area contributed by atoms with E-state index in [1.807, 2.05) is 0 Å². The van der Waals surface area contributed by atoms with Crippen molar-refractivity contribution in [3.05, 3.63) is 0 Å². The number of hydrogen-bond acceptors (Lipinski definition) is 6. The Bertz CT molecular complexity index is 662. The highest BCUT2D eigenvalue weighted by Crippen LogP contribution is 2.14. The molecule has 0 spiro atoms. The predicted molar refractivity (Wildman–Crippen MR) is 183 cm³/mol. The highest BCUT2D eigenvalue weighted by molar-refractivity contribution is 5.71. The Morgan fingerprint density at radius 2 is 0.750 bits per heavy atom. The van der Waals surface area contributed by atoms with Gasteiger partial charge in [0.05, 0.1) is 0 Å².